The van der Waals surface area contributed by atoms with Crippen LogP contribution in [0.5, 0.6) is 0 Å². The zero-order valence-electron chi connectivity index (χ0n) is 13.9. The summed E-state index contributed by atoms with van der Waals surface area (Å²) < 4.78 is 14.0. The number of aromatic amines is 1. The van der Waals surface area contributed by atoms with Gasteiger partial charge in [0.1, 0.15) is 5.82 Å². The van der Waals surface area contributed by atoms with Crippen LogP contribution in [0.2, 0.25) is 0 Å². The molecular weight excluding hydrogens is 353 g/mol. The van der Waals surface area contributed by atoms with Crippen molar-refractivity contribution in [3.05, 3.63) is 82.0 Å². The van der Waals surface area contributed by atoms with Crippen LogP contribution in [0.25, 0.3) is 10.8 Å². The van der Waals surface area contributed by atoms with E-state index in [1.807, 2.05) is 0 Å². The number of hydrogen-bond acceptors (Lipinski definition) is 4. The Morgan fingerprint density at radius 2 is 1.89 bits per heavy atom. The highest BCUT2D eigenvalue weighted by molar-refractivity contribution is 6.02. The van der Waals surface area contributed by atoms with Gasteiger partial charge in [-0.3, -0.25) is 9.59 Å². The van der Waals surface area contributed by atoms with Gasteiger partial charge in [0, 0.05) is 24.0 Å². The van der Waals surface area contributed by atoms with Gasteiger partial charge >= 0.3 is 5.97 Å². The van der Waals surface area contributed by atoms with Gasteiger partial charge in [-0.1, -0.05) is 24.3 Å². The summed E-state index contributed by atoms with van der Waals surface area (Å²) in [6.07, 6.45) is 1.75. The minimum atomic E-state index is -1.28. The first-order chi connectivity index (χ1) is 12.9. The molecule has 3 rings (SSSR count). The van der Waals surface area contributed by atoms with Crippen LogP contribution in [0.3, 0.4) is 0 Å². The Balaban J connectivity index is 1.89. The molecular formula is C19H14FN3O4. The van der Waals surface area contributed by atoms with E-state index in [4.69, 9.17) is 5.11 Å². The molecule has 136 valence electrons. The quantitative estimate of drug-likeness (QED) is 0.599. The first-order valence-electron chi connectivity index (χ1n) is 7.91. The van der Waals surface area contributed by atoms with Gasteiger partial charge in [-0.25, -0.2) is 14.3 Å². The summed E-state index contributed by atoms with van der Waals surface area (Å²) in [7, 11) is 0. The topological polar surface area (TPSA) is 112 Å². The maximum Gasteiger partial charge on any atom is 0.328 e. The Morgan fingerprint density at radius 1 is 1.15 bits per heavy atom. The number of carbonyl (C=O) groups excluding carboxylic acids is 1. The molecule has 0 unspecified atom stereocenters. The number of fused-ring (bicyclic) bond motifs is 1. The van der Waals surface area contributed by atoms with Crippen LogP contribution in [0, 0.1) is 5.82 Å². The molecule has 7 nitrogen and oxygen atoms in total. The zero-order chi connectivity index (χ0) is 19.4. The van der Waals surface area contributed by atoms with Gasteiger partial charge in [-0.15, -0.1) is 0 Å². The van der Waals surface area contributed by atoms with E-state index in [9.17, 15) is 18.8 Å². The van der Waals surface area contributed by atoms with E-state index >= 15 is 0 Å². The van der Waals surface area contributed by atoms with Crippen molar-refractivity contribution in [3.63, 3.8) is 0 Å². The molecule has 27 heavy (non-hydrogen) atoms. The number of aromatic nitrogens is 2. The molecule has 3 N–H and O–H groups in total. The van der Waals surface area contributed by atoms with Crippen molar-refractivity contribution in [1.29, 1.82) is 0 Å². The fraction of sp³-hybridized carbons (Fsp3) is 0.0526. The van der Waals surface area contributed by atoms with Gasteiger partial charge in [-0.05, 0) is 23.8 Å². The first kappa shape index (κ1) is 18.0. The molecule has 1 heterocycles. The molecule has 0 fully saturated rings. The number of nitrogens with zero attached hydrogens (tertiary/aromatic N) is 1. The SMILES string of the molecule is O=C(O)/C=C/C(=O)Nc1cc(Cc2n[nH]c(=O)c3ccccc23)ccc1F. The average molecular weight is 367 g/mol. The number of anilines is 1. The lowest BCUT2D eigenvalue weighted by Crippen LogP contribution is -2.12. The Kier molecular flexibility index (Phi) is 5.07. The van der Waals surface area contributed by atoms with Crippen molar-refractivity contribution in [2.45, 2.75) is 6.42 Å². The van der Waals surface area contributed by atoms with Crippen LogP contribution in [0.15, 0.2) is 59.4 Å². The predicted octanol–water partition coefficient (Wildman–Crippen LogP) is 2.23. The van der Waals surface area contributed by atoms with Gasteiger partial charge in [-0.2, -0.15) is 5.10 Å². The van der Waals surface area contributed by atoms with E-state index in [0.29, 0.717) is 34.5 Å². The first-order valence-corrected chi connectivity index (χ1v) is 7.91. The van der Waals surface area contributed by atoms with E-state index in [1.165, 1.54) is 12.1 Å². The van der Waals surface area contributed by atoms with E-state index in [2.05, 4.69) is 15.5 Å². The maximum absolute atomic E-state index is 14.0. The lowest BCUT2D eigenvalue weighted by atomic mass is 10.0. The maximum atomic E-state index is 14.0. The van der Waals surface area contributed by atoms with Gasteiger partial charge in [0.15, 0.2) is 0 Å². The Bertz CT molecular complexity index is 1120. The molecule has 0 spiro atoms. The smallest absolute Gasteiger partial charge is 0.328 e. The minimum absolute atomic E-state index is 0.0822. The summed E-state index contributed by atoms with van der Waals surface area (Å²) >= 11 is 0. The fourth-order valence-electron chi connectivity index (χ4n) is 2.60. The minimum Gasteiger partial charge on any atom is -0.478 e. The van der Waals surface area contributed by atoms with Crippen LogP contribution in [0.1, 0.15) is 11.3 Å². The van der Waals surface area contributed by atoms with Crippen molar-refractivity contribution in [3.8, 4) is 0 Å². The lowest BCUT2D eigenvalue weighted by molar-refractivity contribution is -0.131. The number of H-pyrrole nitrogens is 1. The third-order valence-electron chi connectivity index (χ3n) is 3.81. The monoisotopic (exact) mass is 367 g/mol. The number of carboxylic acid groups (broad SMARTS) is 1. The molecule has 1 amide bonds. The van der Waals surface area contributed by atoms with Crippen LogP contribution < -0.4 is 10.9 Å². The molecule has 0 aliphatic heterocycles. The molecule has 1 aromatic heterocycles. The van der Waals surface area contributed by atoms with E-state index < -0.39 is 17.7 Å². The van der Waals surface area contributed by atoms with E-state index in [1.54, 1.807) is 30.3 Å². The molecule has 8 heteroatoms. The fourth-order valence-corrected chi connectivity index (χ4v) is 2.60. The molecule has 0 radical (unpaired) electrons. The van der Waals surface area contributed by atoms with Gasteiger partial charge < -0.3 is 10.4 Å². The van der Waals surface area contributed by atoms with Crippen LogP contribution in [-0.2, 0) is 16.0 Å². The second-order valence-corrected chi connectivity index (χ2v) is 5.70. The van der Waals surface area contributed by atoms with Crippen molar-refractivity contribution >= 4 is 28.3 Å². The van der Waals surface area contributed by atoms with E-state index in [0.717, 1.165) is 6.08 Å². The Morgan fingerprint density at radius 3 is 2.63 bits per heavy atom. The summed E-state index contributed by atoms with van der Waals surface area (Å²) in [6.45, 7) is 0. The van der Waals surface area contributed by atoms with Gasteiger partial charge in [0.05, 0.1) is 16.8 Å². The third kappa shape index (κ3) is 4.24. The molecule has 0 atom stereocenters. The average Bonchev–Trinajstić information content (AvgIpc) is 2.65. The number of carboxylic acids is 1. The lowest BCUT2D eigenvalue weighted by Gasteiger charge is -2.08. The molecule has 2 aromatic carbocycles. The predicted molar refractivity (Wildman–Crippen MR) is 97.0 cm³/mol. The highest BCUT2D eigenvalue weighted by Gasteiger charge is 2.10. The number of carbonyl (C=O) groups is 2. The number of rotatable bonds is 5. The second-order valence-electron chi connectivity index (χ2n) is 5.70. The highest BCUT2D eigenvalue weighted by Crippen LogP contribution is 2.21. The number of aliphatic carboxylic acids is 1. The molecule has 0 saturated heterocycles. The second kappa shape index (κ2) is 7.61. The summed E-state index contributed by atoms with van der Waals surface area (Å²) in [5, 5.41) is 18.5. The number of halogens is 1. The summed E-state index contributed by atoms with van der Waals surface area (Å²) in [6, 6.07) is 11.2. The molecule has 3 aromatic rings. The number of hydrogen-bond donors (Lipinski definition) is 3. The number of nitrogens with one attached hydrogen (secondary N) is 2. The third-order valence-corrected chi connectivity index (χ3v) is 3.81. The van der Waals surface area contributed by atoms with Crippen molar-refractivity contribution in [2.24, 2.45) is 0 Å². The van der Waals surface area contributed by atoms with Crippen LogP contribution in [-0.4, -0.2) is 27.2 Å². The number of benzene rings is 2. The zero-order valence-corrected chi connectivity index (χ0v) is 13.9. The summed E-state index contributed by atoms with van der Waals surface area (Å²) in [5.74, 6) is -2.70. The van der Waals surface area contributed by atoms with Crippen LogP contribution >= 0.6 is 0 Å². The molecule has 0 bridgehead atoms. The van der Waals surface area contributed by atoms with Crippen molar-refractivity contribution < 1.29 is 19.1 Å². The summed E-state index contributed by atoms with van der Waals surface area (Å²) in [5.41, 5.74) is 0.867. The summed E-state index contributed by atoms with van der Waals surface area (Å²) in [4.78, 5) is 34.0. The Hall–Kier alpha value is -3.81. The highest BCUT2D eigenvalue weighted by atomic mass is 19.1. The largest absolute Gasteiger partial charge is 0.478 e. The molecule has 0 aliphatic carbocycles. The number of amides is 1. The van der Waals surface area contributed by atoms with Crippen molar-refractivity contribution in [1.82, 2.24) is 10.2 Å². The standard InChI is InChI=1S/C19H14FN3O4/c20-14-6-5-11(10-16(14)21-17(24)7-8-18(25)26)9-15-12-3-1-2-4-13(12)19(27)23-22-15/h1-8,10H,9H2,(H,21,24)(H,23,27)(H,25,26)/b8-7+. The van der Waals surface area contributed by atoms with Gasteiger partial charge in [0.25, 0.3) is 5.56 Å². The Labute approximate surface area is 152 Å². The molecule has 0 aliphatic rings. The van der Waals surface area contributed by atoms with Crippen LogP contribution in [0.4, 0.5) is 10.1 Å². The van der Waals surface area contributed by atoms with E-state index in [-0.39, 0.29) is 11.2 Å². The van der Waals surface area contributed by atoms with Gasteiger partial charge in [0.2, 0.25) is 5.91 Å². The normalized spacial score (nSPS) is 11.0. The van der Waals surface area contributed by atoms with Crippen molar-refractivity contribution in [2.75, 3.05) is 5.32 Å². The molecule has 0 saturated carbocycles.